The summed E-state index contributed by atoms with van der Waals surface area (Å²) in [5, 5.41) is 9.78. The predicted molar refractivity (Wildman–Crippen MR) is 64.9 cm³/mol. The minimum Gasteiger partial charge on any atom is -0.393 e. The van der Waals surface area contributed by atoms with Crippen LogP contribution in [-0.2, 0) is 0 Å². The molecule has 0 aromatic heterocycles. The van der Waals surface area contributed by atoms with Gasteiger partial charge in [0.05, 0.1) is 6.10 Å². The molecule has 0 bridgehead atoms. The van der Waals surface area contributed by atoms with E-state index in [1.807, 2.05) is 0 Å². The molecule has 0 amide bonds. The van der Waals surface area contributed by atoms with Gasteiger partial charge in [0, 0.05) is 11.6 Å². The molecule has 2 nitrogen and oxygen atoms in total. The lowest BCUT2D eigenvalue weighted by Gasteiger charge is -2.45. The number of hydrogen-bond donors (Lipinski definition) is 1. The predicted octanol–water partition coefficient (Wildman–Crippen LogP) is 2.66. The highest BCUT2D eigenvalue weighted by atomic mass is 16.3. The molecule has 0 aromatic carbocycles. The molecule has 90 valence electrons. The van der Waals surface area contributed by atoms with Crippen molar-refractivity contribution in [1.82, 2.24) is 4.90 Å². The first-order valence-corrected chi connectivity index (χ1v) is 6.27. The summed E-state index contributed by atoms with van der Waals surface area (Å²) in [6.07, 6.45) is 4.28. The Morgan fingerprint density at radius 1 is 1.27 bits per heavy atom. The number of nitrogens with zero attached hydrogens (tertiary/aromatic N) is 1. The highest BCUT2D eigenvalue weighted by Gasteiger charge is 2.35. The van der Waals surface area contributed by atoms with E-state index in [0.29, 0.717) is 6.04 Å². The van der Waals surface area contributed by atoms with Crippen LogP contribution in [-0.4, -0.2) is 34.7 Å². The van der Waals surface area contributed by atoms with Crippen LogP contribution in [0.15, 0.2) is 0 Å². The molecule has 1 saturated carbocycles. The molecule has 1 aliphatic rings. The Labute approximate surface area is 94.7 Å². The van der Waals surface area contributed by atoms with Gasteiger partial charge in [-0.15, -0.1) is 0 Å². The Morgan fingerprint density at radius 2 is 1.87 bits per heavy atom. The van der Waals surface area contributed by atoms with Gasteiger partial charge in [0.15, 0.2) is 0 Å². The van der Waals surface area contributed by atoms with E-state index >= 15 is 0 Å². The van der Waals surface area contributed by atoms with Gasteiger partial charge in [0.1, 0.15) is 0 Å². The Kier molecular flexibility index (Phi) is 4.19. The zero-order valence-electron chi connectivity index (χ0n) is 11.0. The van der Waals surface area contributed by atoms with E-state index < -0.39 is 0 Å². The highest BCUT2D eigenvalue weighted by Crippen LogP contribution is 2.33. The topological polar surface area (TPSA) is 23.5 Å². The van der Waals surface area contributed by atoms with Crippen molar-refractivity contribution in [2.45, 2.75) is 71.1 Å². The summed E-state index contributed by atoms with van der Waals surface area (Å²) in [5.74, 6) is 0.762. The number of hydrogen-bond acceptors (Lipinski definition) is 2. The first-order chi connectivity index (χ1) is 6.86. The van der Waals surface area contributed by atoms with Gasteiger partial charge in [-0.3, -0.25) is 4.90 Å². The second kappa shape index (κ2) is 4.84. The largest absolute Gasteiger partial charge is 0.393 e. The zero-order valence-corrected chi connectivity index (χ0v) is 11.0. The molecule has 0 heterocycles. The minimum atomic E-state index is -0.0809. The standard InChI is InChI=1S/C13H27NO/c1-6-10-7-8-11(15)9-12(10)14(5)13(2,3)4/h10-12,15H,6-9H2,1-5H3. The van der Waals surface area contributed by atoms with Crippen molar-refractivity contribution in [3.8, 4) is 0 Å². The van der Waals surface area contributed by atoms with E-state index in [0.717, 1.165) is 18.8 Å². The third kappa shape index (κ3) is 3.18. The Hall–Kier alpha value is -0.0800. The second-order valence-electron chi connectivity index (χ2n) is 5.98. The lowest BCUT2D eigenvalue weighted by Crippen LogP contribution is -2.51. The van der Waals surface area contributed by atoms with Crippen LogP contribution >= 0.6 is 0 Å². The van der Waals surface area contributed by atoms with Gasteiger partial charge < -0.3 is 5.11 Å². The molecule has 1 fully saturated rings. The van der Waals surface area contributed by atoms with Crippen LogP contribution < -0.4 is 0 Å². The fraction of sp³-hybridized carbons (Fsp3) is 1.00. The van der Waals surface area contributed by atoms with E-state index in [4.69, 9.17) is 0 Å². The quantitative estimate of drug-likeness (QED) is 0.762. The van der Waals surface area contributed by atoms with Gasteiger partial charge in [-0.05, 0) is 53.0 Å². The molecule has 0 saturated heterocycles. The maximum absolute atomic E-state index is 9.78. The van der Waals surface area contributed by atoms with Crippen LogP contribution in [0, 0.1) is 5.92 Å². The number of rotatable bonds is 2. The van der Waals surface area contributed by atoms with Gasteiger partial charge in [-0.1, -0.05) is 13.3 Å². The van der Waals surface area contributed by atoms with E-state index in [9.17, 15) is 5.11 Å². The summed E-state index contributed by atoms with van der Waals surface area (Å²) < 4.78 is 0. The Morgan fingerprint density at radius 3 is 2.33 bits per heavy atom. The summed E-state index contributed by atoms with van der Waals surface area (Å²) >= 11 is 0. The molecular formula is C13H27NO. The van der Waals surface area contributed by atoms with Gasteiger partial charge in [-0.25, -0.2) is 0 Å². The van der Waals surface area contributed by atoms with Crippen LogP contribution in [0.1, 0.15) is 53.4 Å². The molecule has 1 N–H and O–H groups in total. The lowest BCUT2D eigenvalue weighted by atomic mass is 9.79. The third-order valence-electron chi connectivity index (χ3n) is 4.01. The highest BCUT2D eigenvalue weighted by molar-refractivity contribution is 4.89. The van der Waals surface area contributed by atoms with E-state index in [2.05, 4.69) is 39.6 Å². The van der Waals surface area contributed by atoms with Crippen molar-refractivity contribution in [3.63, 3.8) is 0 Å². The molecule has 0 spiro atoms. The summed E-state index contributed by atoms with van der Waals surface area (Å²) in [6, 6.07) is 0.554. The van der Waals surface area contributed by atoms with Gasteiger partial charge in [0.2, 0.25) is 0 Å². The number of aliphatic hydroxyl groups excluding tert-OH is 1. The third-order valence-corrected chi connectivity index (χ3v) is 4.01. The average Bonchev–Trinajstić information content (AvgIpc) is 2.15. The maximum Gasteiger partial charge on any atom is 0.0555 e. The Balaban J connectivity index is 2.70. The fourth-order valence-electron chi connectivity index (χ4n) is 2.64. The van der Waals surface area contributed by atoms with Crippen LogP contribution in [0.2, 0.25) is 0 Å². The van der Waals surface area contributed by atoms with Crippen LogP contribution in [0.5, 0.6) is 0 Å². The molecular weight excluding hydrogens is 186 g/mol. The van der Waals surface area contributed by atoms with Crippen LogP contribution in [0.3, 0.4) is 0 Å². The maximum atomic E-state index is 9.78. The molecule has 3 unspecified atom stereocenters. The van der Waals surface area contributed by atoms with E-state index in [1.165, 1.54) is 12.8 Å². The summed E-state index contributed by atoms with van der Waals surface area (Å²) in [6.45, 7) is 9.02. The van der Waals surface area contributed by atoms with Crippen molar-refractivity contribution < 1.29 is 5.11 Å². The molecule has 0 aromatic rings. The van der Waals surface area contributed by atoms with Crippen molar-refractivity contribution >= 4 is 0 Å². The van der Waals surface area contributed by atoms with Crippen LogP contribution in [0.4, 0.5) is 0 Å². The second-order valence-corrected chi connectivity index (χ2v) is 5.98. The van der Waals surface area contributed by atoms with E-state index in [1.54, 1.807) is 0 Å². The minimum absolute atomic E-state index is 0.0809. The van der Waals surface area contributed by atoms with Gasteiger partial charge >= 0.3 is 0 Å². The fourth-order valence-corrected chi connectivity index (χ4v) is 2.64. The summed E-state index contributed by atoms with van der Waals surface area (Å²) in [4.78, 5) is 2.45. The van der Waals surface area contributed by atoms with Gasteiger partial charge in [-0.2, -0.15) is 0 Å². The van der Waals surface area contributed by atoms with Crippen molar-refractivity contribution in [2.24, 2.45) is 5.92 Å². The summed E-state index contributed by atoms with van der Waals surface area (Å²) in [7, 11) is 2.20. The normalized spacial score (nSPS) is 33.4. The van der Waals surface area contributed by atoms with Crippen molar-refractivity contribution in [1.29, 1.82) is 0 Å². The van der Waals surface area contributed by atoms with Crippen molar-refractivity contribution in [2.75, 3.05) is 7.05 Å². The smallest absolute Gasteiger partial charge is 0.0555 e. The molecule has 0 aliphatic heterocycles. The summed E-state index contributed by atoms with van der Waals surface area (Å²) in [5.41, 5.74) is 0.204. The first kappa shape index (κ1) is 13.0. The first-order valence-electron chi connectivity index (χ1n) is 6.27. The average molecular weight is 213 g/mol. The van der Waals surface area contributed by atoms with E-state index in [-0.39, 0.29) is 11.6 Å². The lowest BCUT2D eigenvalue weighted by molar-refractivity contribution is 0.000299. The Bertz CT molecular complexity index is 197. The number of aliphatic hydroxyl groups is 1. The molecule has 1 aliphatic carbocycles. The van der Waals surface area contributed by atoms with Crippen molar-refractivity contribution in [3.05, 3.63) is 0 Å². The molecule has 1 rings (SSSR count). The molecule has 2 heteroatoms. The van der Waals surface area contributed by atoms with Gasteiger partial charge in [0.25, 0.3) is 0 Å². The molecule has 3 atom stereocenters. The monoisotopic (exact) mass is 213 g/mol. The molecule has 0 radical (unpaired) electrons. The SMILES string of the molecule is CCC1CCC(O)CC1N(C)C(C)(C)C. The zero-order chi connectivity index (χ0) is 11.6. The molecule has 15 heavy (non-hydrogen) atoms. The van der Waals surface area contributed by atoms with Crippen LogP contribution in [0.25, 0.3) is 0 Å².